The number of carbonyl (C=O) groups excluding carboxylic acids is 1. The number of carbonyl (C=O) groups is 1. The number of benzene rings is 1. The molecule has 1 aliphatic heterocycles. The van der Waals surface area contributed by atoms with Gasteiger partial charge in [-0.1, -0.05) is 12.1 Å². The molecule has 1 aromatic carbocycles. The van der Waals surface area contributed by atoms with Crippen molar-refractivity contribution in [3.63, 3.8) is 0 Å². The Hall–Kier alpha value is -2.18. The summed E-state index contributed by atoms with van der Waals surface area (Å²) in [5, 5.41) is 3.45. The molecule has 4 nitrogen and oxygen atoms in total. The Bertz CT molecular complexity index is 1020. The van der Waals surface area contributed by atoms with Crippen molar-refractivity contribution in [2.75, 3.05) is 7.05 Å². The number of aliphatic imine (C=N–C) groups is 1. The summed E-state index contributed by atoms with van der Waals surface area (Å²) in [5.41, 5.74) is 7.63. The van der Waals surface area contributed by atoms with Gasteiger partial charge in [0.05, 0.1) is 12.0 Å². The second-order valence-electron chi connectivity index (χ2n) is 6.64. The van der Waals surface area contributed by atoms with Crippen molar-refractivity contribution in [1.29, 1.82) is 0 Å². The number of amides is 1. The lowest BCUT2D eigenvalue weighted by molar-refractivity contribution is -0.128. The van der Waals surface area contributed by atoms with Gasteiger partial charge in [-0.3, -0.25) is 9.69 Å². The fourth-order valence-electron chi connectivity index (χ4n) is 3.21. The maximum atomic E-state index is 12.2. The number of rotatable bonds is 2. The van der Waals surface area contributed by atoms with Crippen LogP contribution in [0.2, 0.25) is 0 Å². The van der Waals surface area contributed by atoms with E-state index >= 15 is 0 Å². The lowest BCUT2D eigenvalue weighted by Crippen LogP contribution is -2.47. The molecule has 2 aromatic heterocycles. The smallest absolute Gasteiger partial charge is 0.231 e. The molecule has 4 rings (SSSR count). The molecule has 6 heteroatoms. The molecule has 0 saturated carbocycles. The van der Waals surface area contributed by atoms with E-state index in [1.54, 1.807) is 18.4 Å². The average molecular weight is 370 g/mol. The topological polar surface area (TPSA) is 58.7 Å². The molecular weight excluding hydrogens is 350 g/mol. The van der Waals surface area contributed by atoms with Crippen LogP contribution in [0.1, 0.15) is 23.8 Å². The van der Waals surface area contributed by atoms with Gasteiger partial charge in [-0.15, -0.1) is 22.7 Å². The highest BCUT2D eigenvalue weighted by Crippen LogP contribution is 2.40. The van der Waals surface area contributed by atoms with Crippen molar-refractivity contribution in [2.45, 2.75) is 25.8 Å². The van der Waals surface area contributed by atoms with Crippen LogP contribution in [0.4, 0.5) is 0 Å². The van der Waals surface area contributed by atoms with Gasteiger partial charge in [0.25, 0.3) is 0 Å². The highest BCUT2D eigenvalue weighted by molar-refractivity contribution is 7.19. The lowest BCUT2D eigenvalue weighted by Gasteiger charge is -2.33. The second-order valence-corrected chi connectivity index (χ2v) is 8.84. The van der Waals surface area contributed by atoms with Crippen molar-refractivity contribution < 1.29 is 4.79 Å². The van der Waals surface area contributed by atoms with Crippen LogP contribution >= 0.6 is 22.7 Å². The standard InChI is InChI=1S/C19H19N3OS2/c1-11-4-7-15(25-11)14-10-24-16-8-12(5-6-13(14)16)19(2)9-17(23)22(3)18(20)21-19/h4-8,10H,9H2,1-3H3,(H2,20,21)/t19-/m0/s1. The highest BCUT2D eigenvalue weighted by atomic mass is 32.1. The Morgan fingerprint density at radius 1 is 1.28 bits per heavy atom. The van der Waals surface area contributed by atoms with Crippen molar-refractivity contribution >= 4 is 44.6 Å². The minimum Gasteiger partial charge on any atom is -0.369 e. The fourth-order valence-corrected chi connectivity index (χ4v) is 5.18. The van der Waals surface area contributed by atoms with E-state index in [1.807, 2.05) is 18.3 Å². The molecule has 0 aliphatic carbocycles. The summed E-state index contributed by atoms with van der Waals surface area (Å²) >= 11 is 3.54. The van der Waals surface area contributed by atoms with E-state index in [4.69, 9.17) is 5.73 Å². The fraction of sp³-hybridized carbons (Fsp3) is 0.263. The summed E-state index contributed by atoms with van der Waals surface area (Å²) in [5.74, 6) is 0.274. The van der Waals surface area contributed by atoms with Gasteiger partial charge >= 0.3 is 0 Å². The predicted octanol–water partition coefficient (Wildman–Crippen LogP) is 4.33. The monoisotopic (exact) mass is 369 g/mol. The van der Waals surface area contributed by atoms with E-state index < -0.39 is 5.54 Å². The largest absolute Gasteiger partial charge is 0.369 e. The van der Waals surface area contributed by atoms with Gasteiger partial charge in [-0.05, 0) is 37.6 Å². The number of thiophene rings is 2. The minimum absolute atomic E-state index is 0.00368. The molecule has 1 aliphatic rings. The molecule has 1 atom stereocenters. The highest BCUT2D eigenvalue weighted by Gasteiger charge is 2.36. The van der Waals surface area contributed by atoms with Gasteiger partial charge in [0.1, 0.15) is 0 Å². The molecule has 3 heterocycles. The van der Waals surface area contributed by atoms with E-state index in [-0.39, 0.29) is 11.9 Å². The predicted molar refractivity (Wildman–Crippen MR) is 106 cm³/mol. The lowest BCUT2D eigenvalue weighted by atomic mass is 9.87. The quantitative estimate of drug-likeness (QED) is 0.731. The summed E-state index contributed by atoms with van der Waals surface area (Å²) in [4.78, 5) is 20.8. The number of hydrogen-bond donors (Lipinski definition) is 1. The van der Waals surface area contributed by atoms with Crippen molar-refractivity contribution in [1.82, 2.24) is 4.90 Å². The Balaban J connectivity index is 1.79. The van der Waals surface area contributed by atoms with Crippen molar-refractivity contribution in [3.8, 4) is 10.4 Å². The van der Waals surface area contributed by atoms with Crippen LogP contribution in [-0.2, 0) is 10.3 Å². The molecule has 2 N–H and O–H groups in total. The summed E-state index contributed by atoms with van der Waals surface area (Å²) in [6.45, 7) is 4.10. The molecule has 0 saturated heterocycles. The van der Waals surface area contributed by atoms with Gasteiger partial charge in [-0.2, -0.15) is 0 Å². The number of aryl methyl sites for hydroxylation is 1. The molecular formula is C19H19N3OS2. The third-order valence-corrected chi connectivity index (χ3v) is 6.76. The summed E-state index contributed by atoms with van der Waals surface area (Å²) in [6, 6.07) is 10.7. The molecule has 0 radical (unpaired) electrons. The third kappa shape index (κ3) is 2.65. The first-order valence-corrected chi connectivity index (χ1v) is 9.77. The molecule has 0 spiro atoms. The van der Waals surface area contributed by atoms with Crippen LogP contribution in [0.15, 0.2) is 40.7 Å². The van der Waals surface area contributed by atoms with Gasteiger partial charge in [0.2, 0.25) is 5.91 Å². The van der Waals surface area contributed by atoms with Gasteiger partial charge in [0, 0.05) is 37.8 Å². The number of fused-ring (bicyclic) bond motifs is 1. The Kier molecular flexibility index (Phi) is 3.70. The Morgan fingerprint density at radius 2 is 2.08 bits per heavy atom. The van der Waals surface area contributed by atoms with Crippen LogP contribution < -0.4 is 5.73 Å². The minimum atomic E-state index is -0.606. The van der Waals surface area contributed by atoms with E-state index in [0.29, 0.717) is 6.42 Å². The number of nitrogens with zero attached hydrogens (tertiary/aromatic N) is 2. The Labute approximate surface area is 154 Å². The van der Waals surface area contributed by atoms with E-state index in [2.05, 4.69) is 47.6 Å². The summed E-state index contributed by atoms with van der Waals surface area (Å²) in [6.07, 6.45) is 0.331. The first kappa shape index (κ1) is 16.3. The average Bonchev–Trinajstić information content (AvgIpc) is 3.17. The number of hydrogen-bond acceptors (Lipinski definition) is 5. The number of nitrogens with two attached hydrogens (primary N) is 1. The Morgan fingerprint density at radius 3 is 2.76 bits per heavy atom. The maximum absolute atomic E-state index is 12.2. The normalized spacial score (nSPS) is 21.0. The van der Waals surface area contributed by atoms with Crippen LogP contribution in [0.3, 0.4) is 0 Å². The molecule has 128 valence electrons. The van der Waals surface area contributed by atoms with Crippen molar-refractivity contribution in [3.05, 3.63) is 46.2 Å². The molecule has 0 bridgehead atoms. The zero-order valence-electron chi connectivity index (χ0n) is 14.4. The van der Waals surface area contributed by atoms with Crippen molar-refractivity contribution in [2.24, 2.45) is 10.7 Å². The maximum Gasteiger partial charge on any atom is 0.231 e. The van der Waals surface area contributed by atoms with Crippen LogP contribution in [0, 0.1) is 6.92 Å². The molecule has 0 fully saturated rings. The second kappa shape index (κ2) is 5.68. The van der Waals surface area contributed by atoms with E-state index in [1.165, 1.54) is 30.3 Å². The number of guanidine groups is 1. The van der Waals surface area contributed by atoms with Crippen LogP contribution in [-0.4, -0.2) is 23.8 Å². The van der Waals surface area contributed by atoms with E-state index in [9.17, 15) is 4.79 Å². The molecule has 1 amide bonds. The van der Waals surface area contributed by atoms with Crippen LogP contribution in [0.25, 0.3) is 20.5 Å². The summed E-state index contributed by atoms with van der Waals surface area (Å²) in [7, 11) is 1.67. The first-order valence-electron chi connectivity index (χ1n) is 8.08. The molecule has 25 heavy (non-hydrogen) atoms. The third-order valence-electron chi connectivity index (χ3n) is 4.78. The van der Waals surface area contributed by atoms with Gasteiger partial charge < -0.3 is 5.73 Å². The zero-order valence-corrected chi connectivity index (χ0v) is 16.0. The molecule has 3 aromatic rings. The van der Waals surface area contributed by atoms with Gasteiger partial charge in [0.15, 0.2) is 5.96 Å². The van der Waals surface area contributed by atoms with Gasteiger partial charge in [-0.25, -0.2) is 4.99 Å². The first-order chi connectivity index (χ1) is 11.9. The SMILES string of the molecule is Cc1ccc(-c2csc3cc([C@]4(C)CC(=O)N(C)C(N)=N4)ccc23)s1. The van der Waals surface area contributed by atoms with Crippen LogP contribution in [0.5, 0.6) is 0 Å². The zero-order chi connectivity index (χ0) is 17.8. The van der Waals surface area contributed by atoms with E-state index in [0.717, 1.165) is 5.56 Å². The molecule has 0 unspecified atom stereocenters. The summed E-state index contributed by atoms with van der Waals surface area (Å²) < 4.78 is 1.21.